The van der Waals surface area contributed by atoms with Crippen LogP contribution in [0, 0.1) is 5.92 Å². The first-order chi connectivity index (χ1) is 10.1. The fourth-order valence-corrected chi connectivity index (χ4v) is 3.30. The van der Waals surface area contributed by atoms with E-state index in [0.717, 1.165) is 45.1 Å². The maximum atomic E-state index is 9.91. The van der Waals surface area contributed by atoms with E-state index >= 15 is 0 Å². The summed E-state index contributed by atoms with van der Waals surface area (Å²) >= 11 is 0. The minimum absolute atomic E-state index is 0.137. The van der Waals surface area contributed by atoms with E-state index in [1.807, 2.05) is 0 Å². The Kier molecular flexibility index (Phi) is 10.6. The van der Waals surface area contributed by atoms with E-state index in [2.05, 4.69) is 59.9 Å². The van der Waals surface area contributed by atoms with Crippen LogP contribution in [0.5, 0.6) is 0 Å². The zero-order valence-electron chi connectivity index (χ0n) is 16.1. The Balaban J connectivity index is 3.98. The molecule has 0 spiro atoms. The monoisotopic (exact) mass is 328 g/mol. The Morgan fingerprint density at radius 2 is 1.82 bits per heavy atom. The van der Waals surface area contributed by atoms with Crippen LogP contribution in [-0.2, 0) is 4.43 Å². The van der Waals surface area contributed by atoms with Gasteiger partial charge in [-0.2, -0.15) is 0 Å². The van der Waals surface area contributed by atoms with Crippen LogP contribution in [0.1, 0.15) is 73.1 Å². The summed E-state index contributed by atoms with van der Waals surface area (Å²) in [5.41, 5.74) is 0. The average molecular weight is 329 g/mol. The number of hydrogen-bond donors (Lipinski definition) is 1. The largest absolute Gasteiger partial charge is 0.417 e. The van der Waals surface area contributed by atoms with E-state index in [-0.39, 0.29) is 6.10 Å². The SMILES string of the molecule is CCC[C@H](O)C[C@H](/C=C/CCCO[Si](C)(C)C(C)(C)C)CC. The van der Waals surface area contributed by atoms with Crippen molar-refractivity contribution >= 4 is 8.32 Å². The lowest BCUT2D eigenvalue weighted by molar-refractivity contribution is 0.139. The molecule has 0 amide bonds. The van der Waals surface area contributed by atoms with Gasteiger partial charge in [0.25, 0.3) is 0 Å². The fraction of sp³-hybridized carbons (Fsp3) is 0.895. The van der Waals surface area contributed by atoms with Crippen molar-refractivity contribution in [3.05, 3.63) is 12.2 Å². The highest BCUT2D eigenvalue weighted by Gasteiger charge is 2.36. The molecule has 0 radical (unpaired) electrons. The second kappa shape index (κ2) is 10.6. The van der Waals surface area contributed by atoms with Gasteiger partial charge in [-0.25, -0.2) is 0 Å². The van der Waals surface area contributed by atoms with Crippen molar-refractivity contribution in [3.63, 3.8) is 0 Å². The first-order valence-electron chi connectivity index (χ1n) is 9.12. The first-order valence-corrected chi connectivity index (χ1v) is 12.0. The van der Waals surface area contributed by atoms with E-state index in [9.17, 15) is 5.11 Å². The molecular formula is C19H40O2Si. The van der Waals surface area contributed by atoms with Crippen LogP contribution in [-0.4, -0.2) is 26.1 Å². The highest BCUT2D eigenvalue weighted by molar-refractivity contribution is 6.74. The number of allylic oxidation sites excluding steroid dienone is 2. The lowest BCUT2D eigenvalue weighted by Crippen LogP contribution is -2.40. The minimum Gasteiger partial charge on any atom is -0.417 e. The quantitative estimate of drug-likeness (QED) is 0.290. The molecule has 0 aliphatic heterocycles. The molecule has 0 heterocycles. The Morgan fingerprint density at radius 3 is 2.32 bits per heavy atom. The molecule has 2 nitrogen and oxygen atoms in total. The number of unbranched alkanes of at least 4 members (excludes halogenated alkanes) is 1. The summed E-state index contributed by atoms with van der Waals surface area (Å²) in [6.07, 6.45) is 10.6. The topological polar surface area (TPSA) is 29.5 Å². The highest BCUT2D eigenvalue weighted by atomic mass is 28.4. The van der Waals surface area contributed by atoms with Gasteiger partial charge in [0, 0.05) is 6.61 Å². The number of hydrogen-bond acceptors (Lipinski definition) is 2. The molecule has 0 aliphatic rings. The molecule has 132 valence electrons. The molecule has 0 saturated heterocycles. The molecule has 0 aromatic rings. The molecule has 0 aliphatic carbocycles. The summed E-state index contributed by atoms with van der Waals surface area (Å²) in [7, 11) is -1.58. The van der Waals surface area contributed by atoms with Crippen LogP contribution >= 0.6 is 0 Å². The van der Waals surface area contributed by atoms with E-state index in [4.69, 9.17) is 4.43 Å². The standard InChI is InChI=1S/C19H40O2Si/c1-8-13-18(20)16-17(9-2)14-11-10-12-15-21-22(6,7)19(3,4)5/h11,14,17-18,20H,8-10,12-13,15-16H2,1-7H3/b14-11+/t17-,18-/m0/s1. The number of rotatable bonds is 11. The van der Waals surface area contributed by atoms with E-state index < -0.39 is 8.32 Å². The molecule has 0 bridgehead atoms. The Bertz CT molecular complexity index is 305. The first kappa shape index (κ1) is 21.9. The van der Waals surface area contributed by atoms with Gasteiger partial charge in [-0.15, -0.1) is 0 Å². The minimum atomic E-state index is -1.58. The summed E-state index contributed by atoms with van der Waals surface area (Å²) in [5.74, 6) is 0.517. The normalized spacial score (nSPS) is 16.2. The lowest BCUT2D eigenvalue weighted by Gasteiger charge is -2.36. The lowest BCUT2D eigenvalue weighted by atomic mass is 9.96. The third kappa shape index (κ3) is 9.11. The summed E-state index contributed by atoms with van der Waals surface area (Å²) in [5, 5.41) is 10.2. The van der Waals surface area contributed by atoms with Gasteiger partial charge in [-0.1, -0.05) is 53.2 Å². The summed E-state index contributed by atoms with van der Waals surface area (Å²) in [6, 6.07) is 0. The van der Waals surface area contributed by atoms with Crippen molar-refractivity contribution in [1.29, 1.82) is 0 Å². The number of aliphatic hydroxyl groups excluding tert-OH is 1. The summed E-state index contributed by atoms with van der Waals surface area (Å²) < 4.78 is 6.19. The van der Waals surface area contributed by atoms with Gasteiger partial charge in [0.15, 0.2) is 8.32 Å². The molecule has 22 heavy (non-hydrogen) atoms. The van der Waals surface area contributed by atoms with Gasteiger partial charge < -0.3 is 9.53 Å². The molecule has 3 heteroatoms. The van der Waals surface area contributed by atoms with Crippen molar-refractivity contribution in [2.45, 2.75) is 97.4 Å². The van der Waals surface area contributed by atoms with Crippen molar-refractivity contribution in [3.8, 4) is 0 Å². The molecule has 0 aromatic heterocycles. The second-order valence-electron chi connectivity index (χ2n) is 8.03. The van der Waals surface area contributed by atoms with Gasteiger partial charge in [-0.3, -0.25) is 0 Å². The third-order valence-electron chi connectivity index (χ3n) is 4.91. The highest BCUT2D eigenvalue weighted by Crippen LogP contribution is 2.36. The van der Waals surface area contributed by atoms with Gasteiger partial charge >= 0.3 is 0 Å². The predicted octanol–water partition coefficient (Wildman–Crippen LogP) is 5.92. The van der Waals surface area contributed by atoms with E-state index in [1.54, 1.807) is 0 Å². The van der Waals surface area contributed by atoms with Gasteiger partial charge in [-0.05, 0) is 56.2 Å². The Labute approximate surface area is 140 Å². The van der Waals surface area contributed by atoms with Gasteiger partial charge in [0.1, 0.15) is 0 Å². The summed E-state index contributed by atoms with van der Waals surface area (Å²) in [6.45, 7) is 16.7. The maximum Gasteiger partial charge on any atom is 0.191 e. The van der Waals surface area contributed by atoms with Crippen LogP contribution in [0.2, 0.25) is 18.1 Å². The maximum absolute atomic E-state index is 9.91. The molecule has 0 rings (SSSR count). The van der Waals surface area contributed by atoms with Crippen molar-refractivity contribution < 1.29 is 9.53 Å². The molecule has 1 N–H and O–H groups in total. The molecule has 0 fully saturated rings. The van der Waals surface area contributed by atoms with Crippen LogP contribution in [0.25, 0.3) is 0 Å². The summed E-state index contributed by atoms with van der Waals surface area (Å²) in [4.78, 5) is 0. The molecule has 2 atom stereocenters. The van der Waals surface area contributed by atoms with Crippen LogP contribution < -0.4 is 0 Å². The molecular weight excluding hydrogens is 288 g/mol. The van der Waals surface area contributed by atoms with Crippen LogP contribution in [0.15, 0.2) is 12.2 Å². The number of aliphatic hydroxyl groups is 1. The Hall–Kier alpha value is -0.123. The van der Waals surface area contributed by atoms with Gasteiger partial charge in [0.2, 0.25) is 0 Å². The van der Waals surface area contributed by atoms with Crippen LogP contribution in [0.4, 0.5) is 0 Å². The van der Waals surface area contributed by atoms with Crippen molar-refractivity contribution in [2.75, 3.05) is 6.61 Å². The smallest absolute Gasteiger partial charge is 0.191 e. The zero-order chi connectivity index (χ0) is 17.2. The average Bonchev–Trinajstić information content (AvgIpc) is 2.40. The molecule has 0 aromatic carbocycles. The van der Waals surface area contributed by atoms with Crippen LogP contribution in [0.3, 0.4) is 0 Å². The van der Waals surface area contributed by atoms with Gasteiger partial charge in [0.05, 0.1) is 6.10 Å². The van der Waals surface area contributed by atoms with E-state index in [1.165, 1.54) is 0 Å². The van der Waals surface area contributed by atoms with E-state index in [0.29, 0.717) is 11.0 Å². The fourth-order valence-electron chi connectivity index (χ4n) is 2.22. The Morgan fingerprint density at radius 1 is 1.18 bits per heavy atom. The zero-order valence-corrected chi connectivity index (χ0v) is 17.1. The second-order valence-corrected chi connectivity index (χ2v) is 12.8. The molecule has 0 saturated carbocycles. The van der Waals surface area contributed by atoms with Crippen molar-refractivity contribution in [2.24, 2.45) is 5.92 Å². The molecule has 0 unspecified atom stereocenters. The predicted molar refractivity (Wildman–Crippen MR) is 101 cm³/mol. The third-order valence-corrected chi connectivity index (χ3v) is 9.45. The van der Waals surface area contributed by atoms with Crippen molar-refractivity contribution in [1.82, 2.24) is 0 Å².